The lowest BCUT2D eigenvalue weighted by atomic mass is 9.38. The number of carbonyl (C=O) groups excluding carboxylic acids is 3. The maximum atomic E-state index is 14.6. The van der Waals surface area contributed by atoms with E-state index in [1.807, 2.05) is 36.4 Å². The zero-order valence-electron chi connectivity index (χ0n) is 20.4. The molecule has 1 unspecified atom stereocenters. The van der Waals surface area contributed by atoms with Crippen molar-refractivity contribution in [2.45, 2.75) is 43.9 Å². The van der Waals surface area contributed by atoms with Gasteiger partial charge in [-0.25, -0.2) is 9.18 Å². The Morgan fingerprint density at radius 2 is 1.66 bits per heavy atom. The minimum atomic E-state index is -0.886. The second kappa shape index (κ2) is 10.5. The first kappa shape index (κ1) is 26.3. The highest BCUT2D eigenvalue weighted by molar-refractivity contribution is 6.30. The molecule has 0 radical (unpaired) electrons. The number of halogens is 3. The normalized spacial score (nSPS) is 22.0. The number of nitrogens with zero attached hydrogens (tertiary/aromatic N) is 2. The van der Waals surface area contributed by atoms with Crippen LogP contribution in [0.4, 0.5) is 4.39 Å². The van der Waals surface area contributed by atoms with Crippen LogP contribution in [0.1, 0.15) is 40.9 Å². The number of benzene rings is 2. The van der Waals surface area contributed by atoms with Gasteiger partial charge in [-0.3, -0.25) is 14.6 Å². The molecule has 3 aliphatic carbocycles. The Morgan fingerprint density at radius 1 is 1.03 bits per heavy atom. The lowest BCUT2D eigenvalue weighted by Gasteiger charge is -2.71. The lowest BCUT2D eigenvalue weighted by Crippen LogP contribution is -2.76. The summed E-state index contributed by atoms with van der Waals surface area (Å²) in [5.74, 6) is -2.18. The first-order valence-corrected chi connectivity index (χ1v) is 13.2. The van der Waals surface area contributed by atoms with Gasteiger partial charge in [0.05, 0.1) is 28.7 Å². The summed E-state index contributed by atoms with van der Waals surface area (Å²) in [5.41, 5.74) is -0.0488. The molecule has 9 heteroatoms. The number of ether oxygens (including phenoxy) is 1. The molecule has 2 aromatic carbocycles. The van der Waals surface area contributed by atoms with Crippen LogP contribution in [0.2, 0.25) is 5.02 Å². The maximum absolute atomic E-state index is 14.6. The van der Waals surface area contributed by atoms with Gasteiger partial charge in [-0.1, -0.05) is 60.1 Å². The largest absolute Gasteiger partial charge is 0.455 e. The van der Waals surface area contributed by atoms with Crippen molar-refractivity contribution in [1.82, 2.24) is 9.88 Å². The fourth-order valence-corrected chi connectivity index (χ4v) is 6.16. The minimum absolute atomic E-state index is 0.0424. The Balaban J connectivity index is 1.41. The lowest BCUT2D eigenvalue weighted by molar-refractivity contribution is -0.277. The van der Waals surface area contributed by atoms with E-state index in [1.165, 1.54) is 11.1 Å². The van der Waals surface area contributed by atoms with Gasteiger partial charge in [0.2, 0.25) is 5.91 Å². The van der Waals surface area contributed by atoms with Crippen LogP contribution in [-0.2, 0) is 27.3 Å². The summed E-state index contributed by atoms with van der Waals surface area (Å²) < 4.78 is 20.4. The molecule has 3 fully saturated rings. The first-order chi connectivity index (χ1) is 18.2. The Morgan fingerprint density at radius 3 is 2.26 bits per heavy atom. The molecule has 0 spiro atoms. The predicted molar refractivity (Wildman–Crippen MR) is 140 cm³/mol. The van der Waals surface area contributed by atoms with Crippen LogP contribution in [0.15, 0.2) is 72.9 Å². The van der Waals surface area contributed by atoms with Crippen LogP contribution in [-0.4, -0.2) is 45.1 Å². The van der Waals surface area contributed by atoms with E-state index in [2.05, 4.69) is 4.98 Å². The summed E-state index contributed by atoms with van der Waals surface area (Å²) >= 11 is 11.8. The highest BCUT2D eigenvalue weighted by Gasteiger charge is 2.75. The van der Waals surface area contributed by atoms with Gasteiger partial charge in [0.15, 0.2) is 5.78 Å². The minimum Gasteiger partial charge on any atom is -0.455 e. The summed E-state index contributed by atoms with van der Waals surface area (Å²) in [7, 11) is 0. The Bertz CT molecular complexity index is 1350. The zero-order valence-corrected chi connectivity index (χ0v) is 21.9. The molecular weight excluding hydrogens is 530 g/mol. The highest BCUT2D eigenvalue weighted by atomic mass is 35.5. The van der Waals surface area contributed by atoms with Crippen molar-refractivity contribution < 1.29 is 23.5 Å². The van der Waals surface area contributed by atoms with Crippen LogP contribution in [0, 0.1) is 11.2 Å². The molecule has 6 nitrogen and oxygen atoms in total. The number of rotatable bonds is 10. The zero-order chi connectivity index (χ0) is 26.9. The maximum Gasteiger partial charge on any atom is 0.338 e. The van der Waals surface area contributed by atoms with Crippen molar-refractivity contribution in [2.24, 2.45) is 5.41 Å². The third-order valence-electron chi connectivity index (χ3n) is 7.39. The van der Waals surface area contributed by atoms with Crippen molar-refractivity contribution in [3.05, 3.63) is 101 Å². The Kier molecular flexibility index (Phi) is 7.25. The average Bonchev–Trinajstić information content (AvgIpc) is 2.88. The SMILES string of the molecule is O=C(OC12CC(C(C(=O)Cc3ncc(Cl)cc3F)N(Cc3ccccc3)C(=O)CCl)(C1)C2)c1ccccc1. The number of amides is 1. The number of aromatic nitrogens is 1. The topological polar surface area (TPSA) is 76.6 Å². The molecule has 38 heavy (non-hydrogen) atoms. The molecule has 2 bridgehead atoms. The van der Waals surface area contributed by atoms with Crippen LogP contribution in [0.3, 0.4) is 0 Å². The smallest absolute Gasteiger partial charge is 0.338 e. The van der Waals surface area contributed by atoms with E-state index in [-0.39, 0.29) is 35.3 Å². The number of esters is 1. The molecule has 3 aromatic rings. The number of Topliss-reactive ketones (excluding diaryl/α,β-unsaturated/α-hetero) is 1. The summed E-state index contributed by atoms with van der Waals surface area (Å²) in [6, 6.07) is 18.2. The molecule has 196 valence electrons. The molecule has 1 aromatic heterocycles. The van der Waals surface area contributed by atoms with Gasteiger partial charge in [-0.05, 0) is 43.0 Å². The molecule has 0 N–H and O–H groups in total. The fraction of sp³-hybridized carbons (Fsp3) is 0.310. The van der Waals surface area contributed by atoms with Gasteiger partial charge in [0.25, 0.3) is 0 Å². The van der Waals surface area contributed by atoms with Crippen molar-refractivity contribution in [3.8, 4) is 0 Å². The highest BCUT2D eigenvalue weighted by Crippen LogP contribution is 2.71. The van der Waals surface area contributed by atoms with Crippen LogP contribution >= 0.6 is 23.2 Å². The number of ketones is 1. The van der Waals surface area contributed by atoms with Gasteiger partial charge in [0.1, 0.15) is 17.3 Å². The third-order valence-corrected chi connectivity index (χ3v) is 7.83. The third kappa shape index (κ3) is 5.05. The monoisotopic (exact) mass is 554 g/mol. The number of hydrogen-bond donors (Lipinski definition) is 0. The molecule has 6 rings (SSSR count). The van der Waals surface area contributed by atoms with Crippen molar-refractivity contribution in [3.63, 3.8) is 0 Å². The molecule has 1 atom stereocenters. The Labute approximate surface area is 229 Å². The fourth-order valence-electron chi connectivity index (χ4n) is 5.86. The standard InChI is InChI=1S/C29H25Cl2FN2O4/c30-13-25(36)34(15-19-7-3-1-4-8-19)26(24(35)12-23-22(32)11-21(31)14-33-23)28-16-29(17-28,18-28)38-27(37)20-9-5-2-6-10-20/h1-11,14,26H,12-13,15-18H2. The van der Waals surface area contributed by atoms with Gasteiger partial charge < -0.3 is 9.64 Å². The summed E-state index contributed by atoms with van der Waals surface area (Å²) in [6.45, 7) is 0.165. The predicted octanol–water partition coefficient (Wildman–Crippen LogP) is 5.40. The molecule has 0 aliphatic heterocycles. The van der Waals surface area contributed by atoms with Gasteiger partial charge in [-0.2, -0.15) is 0 Å². The van der Waals surface area contributed by atoms with Crippen molar-refractivity contribution in [2.75, 3.05) is 5.88 Å². The molecule has 1 heterocycles. The molecule has 3 aliphatic rings. The average molecular weight is 555 g/mol. The van der Waals surface area contributed by atoms with Crippen molar-refractivity contribution in [1.29, 1.82) is 0 Å². The first-order valence-electron chi connectivity index (χ1n) is 12.2. The van der Waals surface area contributed by atoms with E-state index in [1.54, 1.807) is 24.3 Å². The van der Waals surface area contributed by atoms with Gasteiger partial charge >= 0.3 is 5.97 Å². The number of alkyl halides is 1. The molecule has 3 saturated carbocycles. The van der Waals surface area contributed by atoms with E-state index in [0.29, 0.717) is 24.8 Å². The second-order valence-electron chi connectivity index (χ2n) is 10.1. The molecule has 1 amide bonds. The number of carbonyl (C=O) groups is 3. The van der Waals surface area contributed by atoms with E-state index in [9.17, 15) is 18.8 Å². The number of pyridine rings is 1. The van der Waals surface area contributed by atoms with Gasteiger partial charge in [-0.15, -0.1) is 11.6 Å². The summed E-state index contributed by atoms with van der Waals surface area (Å²) in [4.78, 5) is 45.1. The van der Waals surface area contributed by atoms with Gasteiger partial charge in [0, 0.05) is 18.2 Å². The quantitative estimate of drug-likeness (QED) is 0.247. The number of hydrogen-bond acceptors (Lipinski definition) is 5. The summed E-state index contributed by atoms with van der Waals surface area (Å²) in [5, 5.41) is 0.125. The van der Waals surface area contributed by atoms with Crippen molar-refractivity contribution >= 4 is 40.9 Å². The molecule has 0 saturated heterocycles. The van der Waals surface area contributed by atoms with E-state index in [4.69, 9.17) is 27.9 Å². The van der Waals surface area contributed by atoms with Crippen LogP contribution in [0.5, 0.6) is 0 Å². The summed E-state index contributed by atoms with van der Waals surface area (Å²) in [6.07, 6.45) is 2.24. The molecular formula is C29H25Cl2FN2O4. The van der Waals surface area contributed by atoms with Crippen LogP contribution < -0.4 is 0 Å². The second-order valence-corrected chi connectivity index (χ2v) is 10.8. The Hall–Kier alpha value is -3.29. The van der Waals surface area contributed by atoms with E-state index < -0.39 is 34.8 Å². The van der Waals surface area contributed by atoms with Crippen LogP contribution in [0.25, 0.3) is 0 Å². The van der Waals surface area contributed by atoms with E-state index >= 15 is 0 Å². The van der Waals surface area contributed by atoms with E-state index in [0.717, 1.165) is 11.6 Å².